The minimum absolute atomic E-state index is 0.0111. The molecule has 0 radical (unpaired) electrons. The van der Waals surface area contributed by atoms with E-state index in [2.05, 4.69) is 20.8 Å². The number of thioether (sulfide) groups is 1. The van der Waals surface area contributed by atoms with Crippen molar-refractivity contribution in [2.24, 2.45) is 0 Å². The second kappa shape index (κ2) is 11.2. The molecule has 3 aromatic carbocycles. The number of aromatic nitrogens is 3. The van der Waals surface area contributed by atoms with E-state index in [9.17, 15) is 14.0 Å². The number of hydrogen-bond donors (Lipinski definition) is 3. The molecule has 0 atom stereocenters. The Bertz CT molecular complexity index is 1310. The maximum Gasteiger partial charge on any atom is 0.257 e. The molecule has 0 aliphatic carbocycles. The number of carbonyl (C=O) groups is 2. The molecule has 0 fully saturated rings. The number of nitrogens with one attached hydrogen (secondary N) is 2. The monoisotopic (exact) mass is 492 g/mol. The Morgan fingerprint density at radius 1 is 0.943 bits per heavy atom. The summed E-state index contributed by atoms with van der Waals surface area (Å²) < 4.78 is 19.8. The molecule has 0 saturated heterocycles. The molecule has 11 heteroatoms. The number of anilines is 2. The normalized spacial score (nSPS) is 10.5. The molecule has 4 N–H and O–H groups in total. The van der Waals surface area contributed by atoms with E-state index in [-0.39, 0.29) is 30.0 Å². The summed E-state index contributed by atoms with van der Waals surface area (Å²) in [6.45, 7) is 0.0196. The van der Waals surface area contributed by atoms with Crippen molar-refractivity contribution in [1.29, 1.82) is 0 Å². The van der Waals surface area contributed by atoms with Crippen molar-refractivity contribution < 1.29 is 18.7 Å². The van der Waals surface area contributed by atoms with Crippen molar-refractivity contribution in [1.82, 2.24) is 14.9 Å². The summed E-state index contributed by atoms with van der Waals surface area (Å²) in [7, 11) is 0. The van der Waals surface area contributed by atoms with E-state index in [1.54, 1.807) is 36.4 Å². The van der Waals surface area contributed by atoms with E-state index in [1.165, 1.54) is 28.9 Å². The molecule has 0 aliphatic heterocycles. The molecular weight excluding hydrogens is 471 g/mol. The van der Waals surface area contributed by atoms with E-state index < -0.39 is 0 Å². The Hall–Kier alpha value is -4.38. The van der Waals surface area contributed by atoms with Gasteiger partial charge in [0.1, 0.15) is 18.2 Å². The van der Waals surface area contributed by atoms with Crippen LogP contribution >= 0.6 is 11.8 Å². The summed E-state index contributed by atoms with van der Waals surface area (Å²) in [4.78, 5) is 25.2. The lowest BCUT2D eigenvalue weighted by Crippen LogP contribution is -2.20. The smallest absolute Gasteiger partial charge is 0.257 e. The first-order valence-corrected chi connectivity index (χ1v) is 11.4. The third kappa shape index (κ3) is 6.36. The summed E-state index contributed by atoms with van der Waals surface area (Å²) in [6, 6.07) is 21.3. The van der Waals surface area contributed by atoms with Gasteiger partial charge in [0.25, 0.3) is 5.91 Å². The van der Waals surface area contributed by atoms with E-state index >= 15 is 0 Å². The molecule has 0 unspecified atom stereocenters. The Balaban J connectivity index is 1.33. The molecule has 1 aromatic heterocycles. The van der Waals surface area contributed by atoms with Gasteiger partial charge in [0.05, 0.1) is 17.0 Å². The van der Waals surface area contributed by atoms with E-state index in [4.69, 9.17) is 10.6 Å². The fraction of sp³-hybridized carbons (Fsp3) is 0.0833. The van der Waals surface area contributed by atoms with Gasteiger partial charge in [-0.1, -0.05) is 42.1 Å². The average molecular weight is 493 g/mol. The first kappa shape index (κ1) is 23.8. The van der Waals surface area contributed by atoms with Gasteiger partial charge in [0.15, 0.2) is 5.82 Å². The number of nitrogens with zero attached hydrogens (tertiary/aromatic N) is 3. The second-order valence-electron chi connectivity index (χ2n) is 7.21. The van der Waals surface area contributed by atoms with Gasteiger partial charge in [-0.05, 0) is 48.5 Å². The maximum absolute atomic E-state index is 13.0. The van der Waals surface area contributed by atoms with Crippen LogP contribution in [0.2, 0.25) is 0 Å². The van der Waals surface area contributed by atoms with E-state index in [0.717, 1.165) is 11.8 Å². The van der Waals surface area contributed by atoms with Crippen molar-refractivity contribution >= 4 is 35.0 Å². The third-order valence-corrected chi connectivity index (χ3v) is 5.67. The molecular formula is C24H21FN6O3S. The van der Waals surface area contributed by atoms with Crippen LogP contribution in [-0.2, 0) is 11.4 Å². The molecule has 4 rings (SSSR count). The first-order valence-electron chi connectivity index (χ1n) is 10.5. The highest BCUT2D eigenvalue weighted by molar-refractivity contribution is 7.99. The van der Waals surface area contributed by atoms with Crippen molar-refractivity contribution in [3.63, 3.8) is 0 Å². The molecule has 2 amide bonds. The van der Waals surface area contributed by atoms with Gasteiger partial charge in [-0.25, -0.2) is 9.07 Å². The van der Waals surface area contributed by atoms with Gasteiger partial charge >= 0.3 is 0 Å². The molecule has 178 valence electrons. The van der Waals surface area contributed by atoms with E-state index in [1.807, 2.05) is 18.2 Å². The lowest BCUT2D eigenvalue weighted by atomic mass is 10.1. The Morgan fingerprint density at radius 2 is 1.66 bits per heavy atom. The predicted molar refractivity (Wildman–Crippen MR) is 131 cm³/mol. The van der Waals surface area contributed by atoms with Crippen LogP contribution in [0.4, 0.5) is 15.8 Å². The maximum atomic E-state index is 13.0. The van der Waals surface area contributed by atoms with Crippen LogP contribution in [0.15, 0.2) is 84.0 Å². The van der Waals surface area contributed by atoms with Crippen LogP contribution in [0.1, 0.15) is 16.2 Å². The number of halogens is 1. The fourth-order valence-corrected chi connectivity index (χ4v) is 3.68. The molecule has 0 aliphatic rings. The summed E-state index contributed by atoms with van der Waals surface area (Å²) in [6.07, 6.45) is 0. The number of nitrogen functional groups attached to an aromatic ring is 1. The van der Waals surface area contributed by atoms with Gasteiger partial charge < -0.3 is 21.2 Å². The third-order valence-electron chi connectivity index (χ3n) is 4.73. The SMILES string of the molecule is Nn1c(COc2ccc(F)cc2)nnc1SCC(=O)Nc1ccccc1C(=O)Nc1ccccc1. The highest BCUT2D eigenvalue weighted by atomic mass is 32.2. The van der Waals surface area contributed by atoms with E-state index in [0.29, 0.717) is 33.7 Å². The standard InChI is InChI=1S/C24H21FN6O3S/c25-16-10-12-18(13-11-16)34-14-21-29-30-24(31(21)26)35-15-22(32)28-20-9-5-4-8-19(20)23(33)27-17-6-2-1-3-7-17/h1-13H,14-15,26H2,(H,27,33)(H,28,32). The number of hydrogen-bond acceptors (Lipinski definition) is 7. The first-order chi connectivity index (χ1) is 17.0. The summed E-state index contributed by atoms with van der Waals surface area (Å²) >= 11 is 1.08. The van der Waals surface area contributed by atoms with Crippen LogP contribution in [0.3, 0.4) is 0 Å². The van der Waals surface area contributed by atoms with Crippen molar-refractivity contribution in [3.8, 4) is 5.75 Å². The minimum atomic E-state index is -0.365. The zero-order valence-electron chi connectivity index (χ0n) is 18.3. The fourth-order valence-electron chi connectivity index (χ4n) is 3.01. The molecule has 9 nitrogen and oxygen atoms in total. The van der Waals surface area contributed by atoms with Crippen LogP contribution in [-0.4, -0.2) is 32.4 Å². The molecule has 0 saturated carbocycles. The Morgan fingerprint density at radius 3 is 2.43 bits per heavy atom. The number of nitrogens with two attached hydrogens (primary N) is 1. The number of carbonyl (C=O) groups excluding carboxylic acids is 2. The number of para-hydroxylation sites is 2. The van der Waals surface area contributed by atoms with Gasteiger partial charge in [0.2, 0.25) is 11.1 Å². The van der Waals surface area contributed by atoms with Gasteiger partial charge in [-0.15, -0.1) is 10.2 Å². The lowest BCUT2D eigenvalue weighted by molar-refractivity contribution is -0.113. The van der Waals surface area contributed by atoms with Gasteiger partial charge in [0, 0.05) is 5.69 Å². The summed E-state index contributed by atoms with van der Waals surface area (Å²) in [5.74, 6) is 5.74. The number of rotatable bonds is 9. The lowest BCUT2D eigenvalue weighted by Gasteiger charge is -2.11. The van der Waals surface area contributed by atoms with Crippen molar-refractivity contribution in [2.45, 2.75) is 11.8 Å². The highest BCUT2D eigenvalue weighted by Gasteiger charge is 2.16. The second-order valence-corrected chi connectivity index (χ2v) is 8.16. The van der Waals surface area contributed by atoms with Gasteiger partial charge in [-0.2, -0.15) is 0 Å². The number of benzene rings is 3. The molecule has 0 spiro atoms. The zero-order valence-corrected chi connectivity index (χ0v) is 19.2. The minimum Gasteiger partial charge on any atom is -0.486 e. The molecule has 1 heterocycles. The van der Waals surface area contributed by atoms with Crippen LogP contribution < -0.4 is 21.2 Å². The topological polar surface area (TPSA) is 124 Å². The Labute approximate surface area is 204 Å². The zero-order chi connectivity index (χ0) is 24.6. The average Bonchev–Trinajstić information content (AvgIpc) is 3.22. The van der Waals surface area contributed by atoms with Crippen LogP contribution in [0.25, 0.3) is 0 Å². The van der Waals surface area contributed by atoms with Crippen molar-refractivity contribution in [3.05, 3.63) is 96.1 Å². The predicted octanol–water partition coefficient (Wildman–Crippen LogP) is 3.69. The molecule has 0 bridgehead atoms. The van der Waals surface area contributed by atoms with Crippen molar-refractivity contribution in [2.75, 3.05) is 22.2 Å². The summed E-state index contributed by atoms with van der Waals surface area (Å²) in [5, 5.41) is 13.8. The number of ether oxygens (including phenoxy) is 1. The van der Waals surface area contributed by atoms with Crippen LogP contribution in [0.5, 0.6) is 5.75 Å². The Kier molecular flexibility index (Phi) is 7.58. The molecule has 35 heavy (non-hydrogen) atoms. The molecule has 4 aromatic rings. The van der Waals surface area contributed by atoms with Gasteiger partial charge in [-0.3, -0.25) is 9.59 Å². The largest absolute Gasteiger partial charge is 0.486 e. The summed E-state index contributed by atoms with van der Waals surface area (Å²) in [5.41, 5.74) is 1.36. The number of amides is 2. The highest BCUT2D eigenvalue weighted by Crippen LogP contribution is 2.20. The quantitative estimate of drug-likeness (QED) is 0.240. The van der Waals surface area contributed by atoms with Crippen LogP contribution in [0, 0.1) is 5.82 Å².